The molecule has 11 heavy (non-hydrogen) atoms. The van der Waals surface area contributed by atoms with Crippen molar-refractivity contribution in [1.29, 1.82) is 10.8 Å². The monoisotopic (exact) mass is 153 g/mol. The highest BCUT2D eigenvalue weighted by Crippen LogP contribution is 1.83. The lowest BCUT2D eigenvalue weighted by molar-refractivity contribution is 1.40. The molecule has 0 aliphatic heterocycles. The molecule has 0 aromatic carbocycles. The number of nitrogens with two attached hydrogens (primary N) is 2. The minimum absolute atomic E-state index is 0.258. The fourth-order valence-electron chi connectivity index (χ4n) is 0.279. The van der Waals surface area contributed by atoms with E-state index in [2.05, 4.69) is 4.99 Å². The van der Waals surface area contributed by atoms with Gasteiger partial charge in [-0.3, -0.25) is 10.8 Å². The van der Waals surface area contributed by atoms with Crippen LogP contribution in [0.1, 0.15) is 6.92 Å². The third-order valence-corrected chi connectivity index (χ3v) is 0.915. The Bertz CT molecular complexity index is 225. The molecule has 5 nitrogen and oxygen atoms in total. The van der Waals surface area contributed by atoms with E-state index in [0.717, 1.165) is 5.57 Å². The Kier molecular flexibility index (Phi) is 3.58. The number of rotatable bonds is 1. The van der Waals surface area contributed by atoms with Crippen LogP contribution in [0.4, 0.5) is 0 Å². The quantitative estimate of drug-likeness (QED) is 0.309. The van der Waals surface area contributed by atoms with Crippen molar-refractivity contribution in [2.75, 3.05) is 0 Å². The van der Waals surface area contributed by atoms with E-state index in [1.807, 2.05) is 0 Å². The molecule has 0 rings (SSSR count). The van der Waals surface area contributed by atoms with Crippen LogP contribution in [0.15, 0.2) is 16.8 Å². The summed E-state index contributed by atoms with van der Waals surface area (Å²) in [7, 11) is 0. The largest absolute Gasteiger partial charge is 0.404 e. The SMILES string of the molecule is CC(C=NC(=N)C(=N)N)=CN. The average molecular weight is 153 g/mol. The second kappa shape index (κ2) is 4.21. The van der Waals surface area contributed by atoms with Gasteiger partial charge in [0.25, 0.3) is 0 Å². The van der Waals surface area contributed by atoms with Gasteiger partial charge in [-0.1, -0.05) is 0 Å². The van der Waals surface area contributed by atoms with E-state index in [1.165, 1.54) is 12.4 Å². The topological polar surface area (TPSA) is 112 Å². The van der Waals surface area contributed by atoms with Crippen LogP contribution >= 0.6 is 0 Å². The molecule has 60 valence electrons. The molecule has 0 saturated carbocycles. The van der Waals surface area contributed by atoms with Gasteiger partial charge in [0.15, 0.2) is 11.7 Å². The Labute approximate surface area is 64.8 Å². The molecular formula is C6H11N5. The number of allylic oxidation sites excluding steroid dienone is 1. The minimum atomic E-state index is -0.355. The summed E-state index contributed by atoms with van der Waals surface area (Å²) in [4.78, 5) is 3.55. The lowest BCUT2D eigenvalue weighted by Crippen LogP contribution is -2.19. The second-order valence-electron chi connectivity index (χ2n) is 1.93. The molecular weight excluding hydrogens is 142 g/mol. The first-order valence-electron chi connectivity index (χ1n) is 2.93. The number of nitrogens with one attached hydrogen (secondary N) is 2. The molecule has 0 aromatic rings. The van der Waals surface area contributed by atoms with Crippen molar-refractivity contribution in [3.05, 3.63) is 11.8 Å². The van der Waals surface area contributed by atoms with E-state index in [9.17, 15) is 0 Å². The summed E-state index contributed by atoms with van der Waals surface area (Å²) in [5.74, 6) is -0.614. The van der Waals surface area contributed by atoms with Gasteiger partial charge in [-0.25, -0.2) is 4.99 Å². The van der Waals surface area contributed by atoms with Crippen molar-refractivity contribution in [3.8, 4) is 0 Å². The molecule has 6 N–H and O–H groups in total. The summed E-state index contributed by atoms with van der Waals surface area (Å²) in [6, 6.07) is 0. The number of hydrogen-bond donors (Lipinski definition) is 4. The van der Waals surface area contributed by atoms with Crippen molar-refractivity contribution < 1.29 is 0 Å². The summed E-state index contributed by atoms with van der Waals surface area (Å²) in [6.45, 7) is 1.73. The van der Waals surface area contributed by atoms with E-state index >= 15 is 0 Å². The van der Waals surface area contributed by atoms with Gasteiger partial charge in [0.1, 0.15) is 0 Å². The Morgan fingerprint density at radius 1 is 1.45 bits per heavy atom. The van der Waals surface area contributed by atoms with E-state index < -0.39 is 0 Å². The Morgan fingerprint density at radius 2 is 2.00 bits per heavy atom. The van der Waals surface area contributed by atoms with Crippen LogP contribution in [-0.2, 0) is 0 Å². The van der Waals surface area contributed by atoms with Gasteiger partial charge in [0, 0.05) is 6.21 Å². The molecule has 0 spiro atoms. The zero-order valence-corrected chi connectivity index (χ0v) is 6.26. The van der Waals surface area contributed by atoms with Gasteiger partial charge in [-0.2, -0.15) is 0 Å². The molecule has 0 aliphatic carbocycles. The first kappa shape index (κ1) is 9.35. The van der Waals surface area contributed by atoms with Crippen molar-refractivity contribution in [3.63, 3.8) is 0 Å². The molecule has 0 unspecified atom stereocenters. The maximum absolute atomic E-state index is 7.00. The van der Waals surface area contributed by atoms with Gasteiger partial charge in [0.2, 0.25) is 0 Å². The van der Waals surface area contributed by atoms with Crippen LogP contribution in [0.5, 0.6) is 0 Å². The highest BCUT2D eigenvalue weighted by molar-refractivity contribution is 6.38. The van der Waals surface area contributed by atoms with Gasteiger partial charge < -0.3 is 11.5 Å². The van der Waals surface area contributed by atoms with E-state index in [4.69, 9.17) is 22.3 Å². The van der Waals surface area contributed by atoms with Crippen molar-refractivity contribution in [2.45, 2.75) is 6.92 Å². The number of aliphatic imine (C=N–C) groups is 1. The average Bonchev–Trinajstić information content (AvgIpc) is 1.99. The van der Waals surface area contributed by atoms with E-state index in [-0.39, 0.29) is 11.7 Å². The third kappa shape index (κ3) is 3.85. The maximum Gasteiger partial charge on any atom is 0.187 e. The summed E-state index contributed by atoms with van der Waals surface area (Å²) < 4.78 is 0. The standard InChI is InChI=1S/C6H11N5/c1-4(2-7)3-11-6(10)5(8)9/h2-3,10H,7H2,1H3,(H3,8,9). The second-order valence-corrected chi connectivity index (χ2v) is 1.93. The molecule has 5 heteroatoms. The summed E-state index contributed by atoms with van der Waals surface area (Å²) in [5, 5.41) is 13.8. The summed E-state index contributed by atoms with van der Waals surface area (Å²) in [6.07, 6.45) is 2.74. The highest BCUT2D eigenvalue weighted by Gasteiger charge is 1.93. The number of amidine groups is 2. The zero-order chi connectivity index (χ0) is 8.85. The fourth-order valence-corrected chi connectivity index (χ4v) is 0.279. The van der Waals surface area contributed by atoms with Crippen molar-refractivity contribution in [1.82, 2.24) is 0 Å². The van der Waals surface area contributed by atoms with Gasteiger partial charge >= 0.3 is 0 Å². The Balaban J connectivity index is 4.15. The Morgan fingerprint density at radius 3 is 2.36 bits per heavy atom. The molecule has 0 atom stereocenters. The molecule has 0 bridgehead atoms. The van der Waals surface area contributed by atoms with Crippen LogP contribution in [0.25, 0.3) is 0 Å². The number of hydrogen-bond acceptors (Lipinski definition) is 3. The van der Waals surface area contributed by atoms with E-state index in [0.29, 0.717) is 0 Å². The van der Waals surface area contributed by atoms with Crippen LogP contribution in [0, 0.1) is 10.8 Å². The van der Waals surface area contributed by atoms with Crippen LogP contribution in [-0.4, -0.2) is 17.9 Å². The first-order chi connectivity index (χ1) is 5.07. The lowest BCUT2D eigenvalue weighted by Gasteiger charge is -1.91. The van der Waals surface area contributed by atoms with Crippen LogP contribution in [0.2, 0.25) is 0 Å². The normalized spacial score (nSPS) is 11.9. The Hall–Kier alpha value is -1.65. The summed E-state index contributed by atoms with van der Waals surface area (Å²) in [5.41, 5.74) is 10.8. The molecule has 0 fully saturated rings. The smallest absolute Gasteiger partial charge is 0.187 e. The first-order valence-corrected chi connectivity index (χ1v) is 2.93. The highest BCUT2D eigenvalue weighted by atomic mass is 14.9. The maximum atomic E-state index is 7.00. The third-order valence-electron chi connectivity index (χ3n) is 0.915. The molecule has 0 amide bonds. The van der Waals surface area contributed by atoms with Crippen molar-refractivity contribution >= 4 is 17.9 Å². The van der Waals surface area contributed by atoms with Gasteiger partial charge in [-0.05, 0) is 18.7 Å². The molecule has 0 saturated heterocycles. The van der Waals surface area contributed by atoms with Gasteiger partial charge in [-0.15, -0.1) is 0 Å². The minimum Gasteiger partial charge on any atom is -0.404 e. The van der Waals surface area contributed by atoms with Gasteiger partial charge in [0.05, 0.1) is 0 Å². The predicted molar refractivity (Wildman–Crippen MR) is 46.1 cm³/mol. The molecule has 0 heterocycles. The van der Waals surface area contributed by atoms with Crippen LogP contribution < -0.4 is 11.5 Å². The van der Waals surface area contributed by atoms with E-state index in [1.54, 1.807) is 6.92 Å². The fraction of sp³-hybridized carbons (Fsp3) is 0.167. The van der Waals surface area contributed by atoms with Crippen LogP contribution in [0.3, 0.4) is 0 Å². The predicted octanol–water partition coefficient (Wildman–Crippen LogP) is -0.167. The molecule has 0 radical (unpaired) electrons. The zero-order valence-electron chi connectivity index (χ0n) is 6.26. The molecule has 0 aromatic heterocycles. The van der Waals surface area contributed by atoms with Crippen molar-refractivity contribution in [2.24, 2.45) is 16.5 Å². The number of nitrogens with zero attached hydrogens (tertiary/aromatic N) is 1. The summed E-state index contributed by atoms with van der Waals surface area (Å²) >= 11 is 0. The lowest BCUT2D eigenvalue weighted by atomic mass is 10.4. The molecule has 0 aliphatic rings.